The van der Waals surface area contributed by atoms with E-state index in [1.54, 1.807) is 13.0 Å². The molecule has 0 unspecified atom stereocenters. The number of methoxy groups -OCH3 is 1. The number of nitrogen functional groups attached to an aromatic ring is 1. The number of aliphatic hydroxyl groups excluding tert-OH is 3. The molecule has 1 aliphatic heterocycles. The molecule has 0 saturated carbocycles. The van der Waals surface area contributed by atoms with Gasteiger partial charge in [0, 0.05) is 18.2 Å². The SMILES string of the molecule is COC(=O)CCC(C)=Cc1cn([C@@H]2O[C@H](CO)[C@@H](O)[C@H]2O)c(=O)nc1N. The second kappa shape index (κ2) is 8.41. The van der Waals surface area contributed by atoms with Gasteiger partial charge in [-0.3, -0.25) is 9.36 Å². The number of ether oxygens (including phenoxy) is 2. The maximum Gasteiger partial charge on any atom is 0.351 e. The van der Waals surface area contributed by atoms with Crippen molar-refractivity contribution in [2.75, 3.05) is 19.5 Å². The molecule has 0 aliphatic carbocycles. The molecule has 1 aliphatic rings. The lowest BCUT2D eigenvalue weighted by Gasteiger charge is -2.18. The third-order valence-corrected chi connectivity index (χ3v) is 4.16. The van der Waals surface area contributed by atoms with E-state index in [0.29, 0.717) is 12.0 Å². The van der Waals surface area contributed by atoms with Gasteiger partial charge >= 0.3 is 11.7 Å². The molecular weight excluding hydrogens is 346 g/mol. The van der Waals surface area contributed by atoms with E-state index in [0.717, 1.165) is 10.1 Å². The van der Waals surface area contributed by atoms with Gasteiger partial charge in [-0.05, 0) is 13.3 Å². The number of nitrogens with two attached hydrogens (primary N) is 1. The number of aliphatic hydroxyl groups is 3. The summed E-state index contributed by atoms with van der Waals surface area (Å²) in [4.78, 5) is 27.0. The van der Waals surface area contributed by atoms with Crippen molar-refractivity contribution in [3.05, 3.63) is 27.8 Å². The molecule has 10 nitrogen and oxygen atoms in total. The van der Waals surface area contributed by atoms with Crippen LogP contribution in [0.3, 0.4) is 0 Å². The highest BCUT2D eigenvalue weighted by Crippen LogP contribution is 2.28. The molecule has 1 aromatic heterocycles. The number of carbonyl (C=O) groups excluding carboxylic acids is 1. The molecule has 1 aromatic rings. The van der Waals surface area contributed by atoms with Gasteiger partial charge < -0.3 is 30.5 Å². The number of hydrogen-bond donors (Lipinski definition) is 4. The predicted octanol–water partition coefficient (Wildman–Crippen LogP) is -1.21. The minimum absolute atomic E-state index is 0.0181. The van der Waals surface area contributed by atoms with Crippen LogP contribution in [0.5, 0.6) is 0 Å². The zero-order chi connectivity index (χ0) is 19.4. The molecule has 5 N–H and O–H groups in total. The summed E-state index contributed by atoms with van der Waals surface area (Å²) in [7, 11) is 1.31. The van der Waals surface area contributed by atoms with E-state index in [1.165, 1.54) is 13.3 Å². The summed E-state index contributed by atoms with van der Waals surface area (Å²) in [6.07, 6.45) is -1.33. The molecule has 26 heavy (non-hydrogen) atoms. The van der Waals surface area contributed by atoms with Gasteiger partial charge in [0.25, 0.3) is 0 Å². The smallest absolute Gasteiger partial charge is 0.351 e. The lowest BCUT2D eigenvalue weighted by atomic mass is 10.1. The molecule has 0 aromatic carbocycles. The average Bonchev–Trinajstić information content (AvgIpc) is 2.90. The maximum absolute atomic E-state index is 12.1. The lowest BCUT2D eigenvalue weighted by Crippen LogP contribution is -2.36. The molecule has 144 valence electrons. The molecule has 0 radical (unpaired) electrons. The van der Waals surface area contributed by atoms with Crippen LogP contribution < -0.4 is 11.4 Å². The predicted molar refractivity (Wildman–Crippen MR) is 90.8 cm³/mol. The fourth-order valence-corrected chi connectivity index (χ4v) is 2.64. The van der Waals surface area contributed by atoms with Crippen LogP contribution in [-0.4, -0.2) is 62.9 Å². The molecule has 0 bridgehead atoms. The maximum atomic E-state index is 12.1. The van der Waals surface area contributed by atoms with E-state index >= 15 is 0 Å². The number of anilines is 1. The molecule has 4 atom stereocenters. The van der Waals surface area contributed by atoms with Crippen molar-refractivity contribution in [3.63, 3.8) is 0 Å². The quantitative estimate of drug-likeness (QED) is 0.452. The van der Waals surface area contributed by atoms with E-state index in [2.05, 4.69) is 9.72 Å². The van der Waals surface area contributed by atoms with Gasteiger partial charge in [-0.15, -0.1) is 0 Å². The summed E-state index contributed by atoms with van der Waals surface area (Å²) in [5, 5.41) is 29.1. The fourth-order valence-electron chi connectivity index (χ4n) is 2.64. The van der Waals surface area contributed by atoms with Crippen molar-refractivity contribution in [1.82, 2.24) is 9.55 Å². The Morgan fingerprint density at radius 1 is 1.42 bits per heavy atom. The average molecular weight is 369 g/mol. The Bertz CT molecular complexity index is 746. The number of esters is 1. The minimum Gasteiger partial charge on any atom is -0.469 e. The molecule has 2 rings (SSSR count). The third-order valence-electron chi connectivity index (χ3n) is 4.16. The van der Waals surface area contributed by atoms with Gasteiger partial charge in [-0.2, -0.15) is 4.98 Å². The van der Waals surface area contributed by atoms with Gasteiger partial charge in [0.05, 0.1) is 13.7 Å². The summed E-state index contributed by atoms with van der Waals surface area (Å²) in [5.74, 6) is -0.365. The van der Waals surface area contributed by atoms with Gasteiger partial charge in [0.2, 0.25) is 0 Å². The van der Waals surface area contributed by atoms with Crippen molar-refractivity contribution in [3.8, 4) is 0 Å². The van der Waals surface area contributed by atoms with E-state index in [9.17, 15) is 19.8 Å². The van der Waals surface area contributed by atoms with Crippen LogP contribution in [0.15, 0.2) is 16.6 Å². The number of carbonyl (C=O) groups is 1. The van der Waals surface area contributed by atoms with E-state index < -0.39 is 36.8 Å². The lowest BCUT2D eigenvalue weighted by molar-refractivity contribution is -0.140. The van der Waals surface area contributed by atoms with Gasteiger partial charge in [-0.25, -0.2) is 4.79 Å². The van der Waals surface area contributed by atoms with E-state index in [1.807, 2.05) is 0 Å². The van der Waals surface area contributed by atoms with E-state index in [-0.39, 0.29) is 18.2 Å². The zero-order valence-electron chi connectivity index (χ0n) is 14.5. The highest BCUT2D eigenvalue weighted by molar-refractivity contribution is 5.70. The number of nitrogens with zero attached hydrogens (tertiary/aromatic N) is 2. The Balaban J connectivity index is 2.29. The molecule has 0 spiro atoms. The highest BCUT2D eigenvalue weighted by atomic mass is 16.6. The number of aromatic nitrogens is 2. The number of allylic oxidation sites excluding steroid dienone is 1. The van der Waals surface area contributed by atoms with Crippen LogP contribution >= 0.6 is 0 Å². The number of hydrogen-bond acceptors (Lipinski definition) is 9. The van der Waals surface area contributed by atoms with Crippen molar-refractivity contribution in [1.29, 1.82) is 0 Å². The Morgan fingerprint density at radius 2 is 2.12 bits per heavy atom. The van der Waals surface area contributed by atoms with Gasteiger partial charge in [-0.1, -0.05) is 11.6 Å². The Kier molecular flexibility index (Phi) is 6.48. The van der Waals surface area contributed by atoms with Gasteiger partial charge in [0.15, 0.2) is 6.23 Å². The number of rotatable bonds is 6. The van der Waals surface area contributed by atoms with Crippen molar-refractivity contribution in [2.45, 2.75) is 44.3 Å². The molecule has 1 fully saturated rings. The molecule has 2 heterocycles. The van der Waals surface area contributed by atoms with E-state index in [4.69, 9.17) is 15.6 Å². The van der Waals surface area contributed by atoms with Crippen molar-refractivity contribution < 1.29 is 29.6 Å². The van der Waals surface area contributed by atoms with Crippen molar-refractivity contribution >= 4 is 17.9 Å². The second-order valence-corrected chi connectivity index (χ2v) is 6.07. The first-order valence-corrected chi connectivity index (χ1v) is 8.03. The summed E-state index contributed by atoms with van der Waals surface area (Å²) < 4.78 is 10.9. The summed E-state index contributed by atoms with van der Waals surface area (Å²) >= 11 is 0. The normalized spacial score (nSPS) is 26.1. The highest BCUT2D eigenvalue weighted by Gasteiger charge is 2.43. The zero-order valence-corrected chi connectivity index (χ0v) is 14.5. The molecular formula is C16H23N3O7. The fraction of sp³-hybridized carbons (Fsp3) is 0.562. The van der Waals surface area contributed by atoms with Crippen LogP contribution in [0.2, 0.25) is 0 Å². The first-order chi connectivity index (χ1) is 12.3. The molecule has 0 amide bonds. The Morgan fingerprint density at radius 3 is 2.69 bits per heavy atom. The first-order valence-electron chi connectivity index (χ1n) is 8.03. The monoisotopic (exact) mass is 369 g/mol. The Labute approximate surface area is 149 Å². The van der Waals surface area contributed by atoms with Crippen LogP contribution in [0.4, 0.5) is 5.82 Å². The Hall–Kier alpha value is -2.27. The van der Waals surface area contributed by atoms with Gasteiger partial charge in [0.1, 0.15) is 24.1 Å². The summed E-state index contributed by atoms with van der Waals surface area (Å²) in [5.41, 5.74) is 6.21. The van der Waals surface area contributed by atoms with Crippen LogP contribution in [0.1, 0.15) is 31.6 Å². The largest absolute Gasteiger partial charge is 0.469 e. The first kappa shape index (κ1) is 20.0. The van der Waals surface area contributed by atoms with Crippen LogP contribution in [0.25, 0.3) is 6.08 Å². The third kappa shape index (κ3) is 4.28. The summed E-state index contributed by atoms with van der Waals surface area (Å²) in [6, 6.07) is 0. The molecule has 1 saturated heterocycles. The standard InChI is InChI=1S/C16H23N3O7/c1-8(3-4-11(21)25-2)5-9-6-19(16(24)18-14(9)17)15-13(23)12(22)10(7-20)26-15/h5-6,10,12-13,15,20,22-23H,3-4,7H2,1-2H3,(H2,17,18,24)/t10-,12-,13-,15-/m1/s1. The summed E-state index contributed by atoms with van der Waals surface area (Å²) in [6.45, 7) is 1.27. The van der Waals surface area contributed by atoms with Crippen LogP contribution in [0, 0.1) is 0 Å². The topological polar surface area (TPSA) is 157 Å². The second-order valence-electron chi connectivity index (χ2n) is 6.07. The molecule has 10 heteroatoms. The van der Waals surface area contributed by atoms with Crippen molar-refractivity contribution in [2.24, 2.45) is 0 Å². The van der Waals surface area contributed by atoms with Crippen LogP contribution in [-0.2, 0) is 14.3 Å². The minimum atomic E-state index is -1.41.